The number of H-pyrrole nitrogens is 1. The molecule has 1 aliphatic heterocycles. The zero-order valence-electron chi connectivity index (χ0n) is 16.9. The Balaban J connectivity index is 1.96. The van der Waals surface area contributed by atoms with Gasteiger partial charge in [-0.3, -0.25) is 9.59 Å². The average molecular weight is 426 g/mol. The number of rotatable bonds is 6. The molecule has 8 heteroatoms. The number of fused-ring (bicyclic) bond motifs is 1. The van der Waals surface area contributed by atoms with Gasteiger partial charge in [-0.15, -0.1) is 6.58 Å². The minimum Gasteiger partial charge on any atom is -0.497 e. The predicted octanol–water partition coefficient (Wildman–Crippen LogP) is 3.63. The van der Waals surface area contributed by atoms with Gasteiger partial charge in [-0.25, -0.2) is 4.98 Å². The molecule has 1 aromatic heterocycles. The summed E-state index contributed by atoms with van der Waals surface area (Å²) in [7, 11) is 3.15. The van der Waals surface area contributed by atoms with E-state index in [9.17, 15) is 9.59 Å². The Morgan fingerprint density at radius 1 is 1.27 bits per heavy atom. The lowest BCUT2D eigenvalue weighted by Crippen LogP contribution is -2.33. The molecule has 0 radical (unpaired) electrons. The number of thioether (sulfide) groups is 1. The molecule has 1 aliphatic carbocycles. The predicted molar refractivity (Wildman–Crippen MR) is 117 cm³/mol. The first-order valence-electron chi connectivity index (χ1n) is 9.70. The number of allylic oxidation sites excluding steroid dienone is 2. The van der Waals surface area contributed by atoms with Gasteiger partial charge in [-0.2, -0.15) is 0 Å². The van der Waals surface area contributed by atoms with Gasteiger partial charge in [0.15, 0.2) is 10.9 Å². The van der Waals surface area contributed by atoms with Crippen LogP contribution in [0.2, 0.25) is 0 Å². The van der Waals surface area contributed by atoms with Crippen LogP contribution in [-0.4, -0.2) is 35.7 Å². The molecule has 156 valence electrons. The van der Waals surface area contributed by atoms with E-state index in [4.69, 9.17) is 9.47 Å². The van der Waals surface area contributed by atoms with Gasteiger partial charge in [-0.05, 0) is 31.0 Å². The van der Waals surface area contributed by atoms with Crippen molar-refractivity contribution in [2.24, 2.45) is 0 Å². The SMILES string of the molecule is C=CCSc1nc2c(c(=O)[nH]1)C(c1cc(OC)ccc1OC)C1=C(CCCC1=O)N2. The molecule has 0 spiro atoms. The maximum Gasteiger partial charge on any atom is 0.257 e. The van der Waals surface area contributed by atoms with Crippen LogP contribution in [0.3, 0.4) is 0 Å². The van der Waals surface area contributed by atoms with Gasteiger partial charge in [0.1, 0.15) is 17.3 Å². The summed E-state index contributed by atoms with van der Waals surface area (Å²) in [5.41, 5.74) is 2.28. The number of Topliss-reactive ketones (excluding diaryl/α,β-unsaturated/α-hetero) is 1. The summed E-state index contributed by atoms with van der Waals surface area (Å²) in [4.78, 5) is 33.6. The first-order valence-corrected chi connectivity index (χ1v) is 10.7. The van der Waals surface area contributed by atoms with E-state index in [0.29, 0.717) is 51.3 Å². The summed E-state index contributed by atoms with van der Waals surface area (Å²) in [5, 5.41) is 3.78. The summed E-state index contributed by atoms with van der Waals surface area (Å²) in [6.45, 7) is 3.71. The number of ether oxygens (including phenoxy) is 2. The molecule has 2 aliphatic rings. The van der Waals surface area contributed by atoms with Crippen molar-refractivity contribution in [2.75, 3.05) is 25.3 Å². The fraction of sp³-hybridized carbons (Fsp3) is 0.318. The molecule has 4 rings (SSSR count). The Bertz CT molecular complexity index is 1110. The van der Waals surface area contributed by atoms with E-state index in [-0.39, 0.29) is 11.3 Å². The molecule has 1 atom stereocenters. The molecule has 1 aromatic carbocycles. The Morgan fingerprint density at radius 2 is 2.10 bits per heavy atom. The van der Waals surface area contributed by atoms with Crippen LogP contribution in [0.25, 0.3) is 0 Å². The number of hydrogen-bond donors (Lipinski definition) is 2. The zero-order valence-corrected chi connectivity index (χ0v) is 17.7. The van der Waals surface area contributed by atoms with Gasteiger partial charge in [0.05, 0.1) is 25.7 Å². The third-order valence-corrected chi connectivity index (χ3v) is 6.19. The van der Waals surface area contributed by atoms with E-state index < -0.39 is 5.92 Å². The van der Waals surface area contributed by atoms with Gasteiger partial charge >= 0.3 is 0 Å². The summed E-state index contributed by atoms with van der Waals surface area (Å²) in [6, 6.07) is 5.41. The smallest absolute Gasteiger partial charge is 0.257 e. The maximum absolute atomic E-state index is 13.2. The lowest BCUT2D eigenvalue weighted by Gasteiger charge is -2.33. The van der Waals surface area contributed by atoms with Crippen LogP contribution in [0, 0.1) is 0 Å². The van der Waals surface area contributed by atoms with Crippen LogP contribution < -0.4 is 20.3 Å². The van der Waals surface area contributed by atoms with E-state index in [0.717, 1.165) is 18.5 Å². The molecule has 2 N–H and O–H groups in total. The molecule has 0 bridgehead atoms. The van der Waals surface area contributed by atoms with Gasteiger partial charge in [0.25, 0.3) is 5.56 Å². The number of methoxy groups -OCH3 is 2. The fourth-order valence-electron chi connectivity index (χ4n) is 4.02. The standard InChI is InChI=1S/C22H23N3O4S/c1-4-10-30-22-24-20-19(21(27)25-22)17(18-14(23-20)6-5-7-15(18)26)13-11-12(28-2)8-9-16(13)29-3/h4,8-9,11,17H,1,5-7,10H2,2-3H3,(H2,23,24,25,27). The number of ketones is 1. The van der Waals surface area contributed by atoms with Crippen molar-refractivity contribution in [1.82, 2.24) is 9.97 Å². The molecule has 0 saturated carbocycles. The third kappa shape index (κ3) is 3.52. The van der Waals surface area contributed by atoms with Crippen LogP contribution in [0.15, 0.2) is 52.1 Å². The topological polar surface area (TPSA) is 93.3 Å². The number of aromatic amines is 1. The molecule has 0 saturated heterocycles. The van der Waals surface area contributed by atoms with E-state index in [1.54, 1.807) is 32.4 Å². The zero-order chi connectivity index (χ0) is 21.3. The number of nitrogens with zero attached hydrogens (tertiary/aromatic N) is 1. The van der Waals surface area contributed by atoms with Crippen LogP contribution in [-0.2, 0) is 4.79 Å². The summed E-state index contributed by atoms with van der Waals surface area (Å²) in [5.74, 6) is 1.77. The van der Waals surface area contributed by atoms with Crippen LogP contribution in [0.1, 0.15) is 36.3 Å². The largest absolute Gasteiger partial charge is 0.497 e. The number of nitrogens with one attached hydrogen (secondary N) is 2. The number of hydrogen-bond acceptors (Lipinski definition) is 7. The number of benzene rings is 1. The average Bonchev–Trinajstić information content (AvgIpc) is 2.76. The quantitative estimate of drug-likeness (QED) is 0.415. The molecule has 30 heavy (non-hydrogen) atoms. The van der Waals surface area contributed by atoms with Crippen molar-refractivity contribution < 1.29 is 14.3 Å². The van der Waals surface area contributed by atoms with Crippen molar-refractivity contribution in [1.29, 1.82) is 0 Å². The van der Waals surface area contributed by atoms with Crippen molar-refractivity contribution >= 4 is 23.4 Å². The van der Waals surface area contributed by atoms with Gasteiger partial charge in [-0.1, -0.05) is 17.8 Å². The number of aromatic nitrogens is 2. The molecular weight excluding hydrogens is 402 g/mol. The normalized spacial score (nSPS) is 17.7. The minimum atomic E-state index is -0.580. The van der Waals surface area contributed by atoms with Crippen molar-refractivity contribution in [2.45, 2.75) is 30.3 Å². The van der Waals surface area contributed by atoms with E-state index in [1.165, 1.54) is 11.8 Å². The van der Waals surface area contributed by atoms with Crippen LogP contribution >= 0.6 is 11.8 Å². The molecule has 0 amide bonds. The highest BCUT2D eigenvalue weighted by Gasteiger charge is 2.39. The molecule has 2 aromatic rings. The molecule has 2 heterocycles. The third-order valence-electron chi connectivity index (χ3n) is 5.32. The monoisotopic (exact) mass is 425 g/mol. The van der Waals surface area contributed by atoms with Crippen LogP contribution in [0.5, 0.6) is 11.5 Å². The highest BCUT2D eigenvalue weighted by Crippen LogP contribution is 2.46. The summed E-state index contributed by atoms with van der Waals surface area (Å²) < 4.78 is 11.0. The Kier molecular flexibility index (Phi) is 5.67. The van der Waals surface area contributed by atoms with Crippen molar-refractivity contribution in [3.8, 4) is 11.5 Å². The van der Waals surface area contributed by atoms with Crippen molar-refractivity contribution in [3.63, 3.8) is 0 Å². The lowest BCUT2D eigenvalue weighted by atomic mass is 9.76. The summed E-state index contributed by atoms with van der Waals surface area (Å²) >= 11 is 1.40. The molecular formula is C22H23N3O4S. The lowest BCUT2D eigenvalue weighted by molar-refractivity contribution is -0.116. The van der Waals surface area contributed by atoms with Gasteiger partial charge in [0, 0.05) is 29.0 Å². The number of carbonyl (C=O) groups is 1. The van der Waals surface area contributed by atoms with E-state index >= 15 is 0 Å². The van der Waals surface area contributed by atoms with Crippen LogP contribution in [0.4, 0.5) is 5.82 Å². The number of carbonyl (C=O) groups excluding carboxylic acids is 1. The second-order valence-corrected chi connectivity index (χ2v) is 8.08. The van der Waals surface area contributed by atoms with E-state index in [2.05, 4.69) is 21.9 Å². The molecule has 7 nitrogen and oxygen atoms in total. The van der Waals surface area contributed by atoms with Gasteiger partial charge < -0.3 is 19.8 Å². The number of anilines is 1. The minimum absolute atomic E-state index is 0.0359. The van der Waals surface area contributed by atoms with E-state index in [1.807, 2.05) is 6.07 Å². The maximum atomic E-state index is 13.2. The first-order chi connectivity index (χ1) is 14.6. The van der Waals surface area contributed by atoms with Crippen molar-refractivity contribution in [3.05, 3.63) is 63.6 Å². The fourth-order valence-corrected chi connectivity index (χ4v) is 4.62. The Hall–Kier alpha value is -3.00. The van der Waals surface area contributed by atoms with Gasteiger partial charge in [0.2, 0.25) is 0 Å². The second kappa shape index (κ2) is 8.39. The molecule has 0 fully saturated rings. The molecule has 1 unspecified atom stereocenters. The first kappa shape index (κ1) is 20.3. The highest BCUT2D eigenvalue weighted by molar-refractivity contribution is 7.99. The Morgan fingerprint density at radius 3 is 2.83 bits per heavy atom. The summed E-state index contributed by atoms with van der Waals surface area (Å²) in [6.07, 6.45) is 3.70. The second-order valence-electron chi connectivity index (χ2n) is 7.07. The highest BCUT2D eigenvalue weighted by atomic mass is 32.2. The Labute approximate surface area is 178 Å².